The van der Waals surface area contributed by atoms with Gasteiger partial charge in [0.1, 0.15) is 0 Å². The van der Waals surface area contributed by atoms with Gasteiger partial charge in [0.05, 0.1) is 23.5 Å². The minimum absolute atomic E-state index is 0.0855. The van der Waals surface area contributed by atoms with Gasteiger partial charge in [-0.1, -0.05) is 50.6 Å². The highest BCUT2D eigenvalue weighted by atomic mass is 32.2. The van der Waals surface area contributed by atoms with Gasteiger partial charge < -0.3 is 0 Å². The number of sulfone groups is 1. The summed E-state index contributed by atoms with van der Waals surface area (Å²) in [6.07, 6.45) is 0.835. The topological polar surface area (TPSA) is 57.9 Å². The number of benzene rings is 1. The highest BCUT2D eigenvalue weighted by Crippen LogP contribution is 2.18. The molecule has 0 bridgehead atoms. The molecule has 2 atom stereocenters. The third-order valence-electron chi connectivity index (χ3n) is 3.01. The van der Waals surface area contributed by atoms with E-state index < -0.39 is 15.8 Å². The first-order chi connectivity index (χ1) is 8.48. The van der Waals surface area contributed by atoms with Crippen LogP contribution in [-0.4, -0.2) is 19.9 Å². The largest absolute Gasteiger partial charge is 0.229 e. The van der Waals surface area contributed by atoms with Crippen LogP contribution in [0.3, 0.4) is 0 Å². The maximum atomic E-state index is 12.0. The van der Waals surface area contributed by atoms with E-state index in [1.54, 1.807) is 12.1 Å². The van der Waals surface area contributed by atoms with Gasteiger partial charge in [-0.2, -0.15) is 5.26 Å². The Morgan fingerprint density at radius 2 is 1.83 bits per heavy atom. The summed E-state index contributed by atoms with van der Waals surface area (Å²) in [4.78, 5) is 0. The van der Waals surface area contributed by atoms with Crippen LogP contribution in [-0.2, 0) is 9.84 Å². The van der Waals surface area contributed by atoms with Crippen molar-refractivity contribution < 1.29 is 8.42 Å². The molecule has 4 heteroatoms. The zero-order chi connectivity index (χ0) is 13.6. The molecule has 0 aliphatic rings. The molecule has 0 heterocycles. The van der Waals surface area contributed by atoms with Crippen LogP contribution in [0.2, 0.25) is 0 Å². The fraction of sp³-hybridized carbons (Fsp3) is 0.500. The summed E-state index contributed by atoms with van der Waals surface area (Å²) < 4.78 is 24.0. The maximum absolute atomic E-state index is 12.0. The van der Waals surface area contributed by atoms with E-state index in [0.717, 1.165) is 12.0 Å². The summed E-state index contributed by atoms with van der Waals surface area (Å²) in [6.45, 7) is 3.89. The van der Waals surface area contributed by atoms with Gasteiger partial charge in [-0.25, -0.2) is 8.42 Å². The summed E-state index contributed by atoms with van der Waals surface area (Å²) in [5, 5.41) is 9.12. The van der Waals surface area contributed by atoms with Crippen LogP contribution < -0.4 is 0 Å². The van der Waals surface area contributed by atoms with Crippen molar-refractivity contribution in [1.29, 1.82) is 5.26 Å². The molecular formula is C14H19NO2S. The third kappa shape index (κ3) is 4.50. The third-order valence-corrected chi connectivity index (χ3v) is 4.93. The molecule has 0 radical (unpaired) electrons. The van der Waals surface area contributed by atoms with Gasteiger partial charge in [0.15, 0.2) is 9.84 Å². The Labute approximate surface area is 109 Å². The smallest absolute Gasteiger partial charge is 0.152 e. The Balaban J connectivity index is 2.79. The Hall–Kier alpha value is -1.34. The summed E-state index contributed by atoms with van der Waals surface area (Å²) in [6, 6.07) is 11.2. The molecule has 1 aromatic rings. The SMILES string of the molecule is CCC(C)CS(=O)(=O)CC(C#N)c1ccccc1. The second-order valence-electron chi connectivity index (χ2n) is 4.68. The van der Waals surface area contributed by atoms with Crippen LogP contribution >= 0.6 is 0 Å². The molecule has 0 saturated heterocycles. The quantitative estimate of drug-likeness (QED) is 0.794. The predicted molar refractivity (Wildman–Crippen MR) is 72.9 cm³/mol. The Morgan fingerprint density at radius 1 is 1.22 bits per heavy atom. The minimum Gasteiger partial charge on any atom is -0.229 e. The first kappa shape index (κ1) is 14.7. The van der Waals surface area contributed by atoms with E-state index in [9.17, 15) is 8.42 Å². The van der Waals surface area contributed by atoms with Gasteiger partial charge >= 0.3 is 0 Å². The van der Waals surface area contributed by atoms with Crippen molar-refractivity contribution in [1.82, 2.24) is 0 Å². The fourth-order valence-electron chi connectivity index (χ4n) is 1.77. The lowest BCUT2D eigenvalue weighted by Gasteiger charge is -2.13. The Morgan fingerprint density at radius 3 is 2.33 bits per heavy atom. The summed E-state index contributed by atoms with van der Waals surface area (Å²) in [7, 11) is -3.17. The molecule has 1 aromatic carbocycles. The van der Waals surface area contributed by atoms with E-state index in [1.807, 2.05) is 32.0 Å². The molecule has 0 spiro atoms. The number of nitrogens with zero attached hydrogens (tertiary/aromatic N) is 1. The van der Waals surface area contributed by atoms with E-state index in [1.165, 1.54) is 0 Å². The van der Waals surface area contributed by atoms with Gasteiger partial charge in [0, 0.05) is 0 Å². The van der Waals surface area contributed by atoms with Crippen LogP contribution in [0, 0.1) is 17.2 Å². The van der Waals surface area contributed by atoms with Crippen molar-refractivity contribution in [3.63, 3.8) is 0 Å². The molecule has 0 aliphatic carbocycles. The molecule has 0 amide bonds. The number of nitriles is 1. The monoisotopic (exact) mass is 265 g/mol. The molecule has 0 fully saturated rings. The molecule has 0 N–H and O–H groups in total. The van der Waals surface area contributed by atoms with Gasteiger partial charge in [0.25, 0.3) is 0 Å². The van der Waals surface area contributed by atoms with Gasteiger partial charge in [0.2, 0.25) is 0 Å². The maximum Gasteiger partial charge on any atom is 0.152 e. The molecule has 0 aliphatic heterocycles. The Bertz CT molecular complexity index is 502. The van der Waals surface area contributed by atoms with Crippen LogP contribution in [0.4, 0.5) is 0 Å². The van der Waals surface area contributed by atoms with E-state index in [4.69, 9.17) is 5.26 Å². The van der Waals surface area contributed by atoms with Crippen molar-refractivity contribution in [2.75, 3.05) is 11.5 Å². The fourth-order valence-corrected chi connectivity index (χ4v) is 3.78. The van der Waals surface area contributed by atoms with Gasteiger partial charge in [-0.15, -0.1) is 0 Å². The van der Waals surface area contributed by atoms with Gasteiger partial charge in [-0.05, 0) is 11.5 Å². The van der Waals surface area contributed by atoms with Crippen molar-refractivity contribution in [2.45, 2.75) is 26.2 Å². The lowest BCUT2D eigenvalue weighted by molar-refractivity contribution is 0.562. The van der Waals surface area contributed by atoms with Crippen LogP contribution in [0.15, 0.2) is 30.3 Å². The lowest BCUT2D eigenvalue weighted by atomic mass is 10.0. The molecule has 2 unspecified atom stereocenters. The van der Waals surface area contributed by atoms with E-state index in [0.29, 0.717) is 0 Å². The molecule has 1 rings (SSSR count). The molecule has 0 aromatic heterocycles. The van der Waals surface area contributed by atoms with Crippen LogP contribution in [0.25, 0.3) is 0 Å². The van der Waals surface area contributed by atoms with Crippen LogP contribution in [0.5, 0.6) is 0 Å². The van der Waals surface area contributed by atoms with Crippen molar-refractivity contribution in [3.8, 4) is 6.07 Å². The summed E-state index contributed by atoms with van der Waals surface area (Å²) in [5.41, 5.74) is 0.771. The van der Waals surface area contributed by atoms with Crippen molar-refractivity contribution in [3.05, 3.63) is 35.9 Å². The first-order valence-electron chi connectivity index (χ1n) is 6.13. The van der Waals surface area contributed by atoms with E-state index >= 15 is 0 Å². The lowest BCUT2D eigenvalue weighted by Crippen LogP contribution is -2.20. The highest BCUT2D eigenvalue weighted by Gasteiger charge is 2.22. The van der Waals surface area contributed by atoms with Crippen molar-refractivity contribution >= 4 is 9.84 Å². The second-order valence-corrected chi connectivity index (χ2v) is 6.84. The number of rotatable bonds is 6. The normalized spacial score (nSPS) is 14.7. The first-order valence-corrected chi connectivity index (χ1v) is 7.95. The molecule has 18 heavy (non-hydrogen) atoms. The van der Waals surface area contributed by atoms with E-state index in [-0.39, 0.29) is 17.4 Å². The highest BCUT2D eigenvalue weighted by molar-refractivity contribution is 7.91. The van der Waals surface area contributed by atoms with E-state index in [2.05, 4.69) is 6.07 Å². The number of hydrogen-bond donors (Lipinski definition) is 0. The zero-order valence-electron chi connectivity index (χ0n) is 10.8. The zero-order valence-corrected chi connectivity index (χ0v) is 11.7. The number of hydrogen-bond acceptors (Lipinski definition) is 3. The second kappa shape index (κ2) is 6.55. The molecular weight excluding hydrogens is 246 g/mol. The summed E-state index contributed by atoms with van der Waals surface area (Å²) in [5.74, 6) is -0.350. The molecule has 3 nitrogen and oxygen atoms in total. The molecule has 0 saturated carbocycles. The average Bonchev–Trinajstić information content (AvgIpc) is 2.36. The minimum atomic E-state index is -3.17. The van der Waals surface area contributed by atoms with Crippen molar-refractivity contribution in [2.24, 2.45) is 5.92 Å². The van der Waals surface area contributed by atoms with Gasteiger partial charge in [-0.3, -0.25) is 0 Å². The Kier molecular flexibility index (Phi) is 5.36. The predicted octanol–water partition coefficient (Wildman–Crippen LogP) is 2.75. The standard InChI is InChI=1S/C14H19NO2S/c1-3-12(2)10-18(16,17)11-14(9-15)13-7-5-4-6-8-13/h4-8,12,14H,3,10-11H2,1-2H3. The average molecular weight is 265 g/mol. The summed E-state index contributed by atoms with van der Waals surface area (Å²) >= 11 is 0. The van der Waals surface area contributed by atoms with Crippen LogP contribution in [0.1, 0.15) is 31.7 Å². The molecule has 98 valence electrons.